The Morgan fingerprint density at radius 2 is 1.42 bits per heavy atom. The minimum Gasteiger partial charge on any atom is -0.321 e. The number of rotatable bonds is 4. The molecule has 0 aliphatic carbocycles. The van der Waals surface area contributed by atoms with Gasteiger partial charge >= 0.3 is 0 Å². The highest BCUT2D eigenvalue weighted by molar-refractivity contribution is 7.19. The first-order chi connectivity index (χ1) is 14.8. The lowest BCUT2D eigenvalue weighted by Crippen LogP contribution is -2.25. The van der Waals surface area contributed by atoms with Crippen molar-refractivity contribution in [2.75, 3.05) is 10.6 Å². The zero-order chi connectivity index (χ0) is 22.1. The number of hydrogen-bond acceptors (Lipinski definition) is 5. The normalized spacial score (nSPS) is 10.8. The molecule has 0 saturated heterocycles. The molecule has 2 heterocycles. The van der Waals surface area contributed by atoms with Crippen molar-refractivity contribution in [1.82, 2.24) is 9.38 Å². The summed E-state index contributed by atoms with van der Waals surface area (Å²) in [6, 6.07) is 14.3. The number of thiazole rings is 1. The lowest BCUT2D eigenvalue weighted by atomic mass is 10.2. The average Bonchev–Trinajstić information content (AvgIpc) is 3.11. The van der Waals surface area contributed by atoms with Crippen LogP contribution in [-0.4, -0.2) is 21.2 Å². The van der Waals surface area contributed by atoms with Crippen molar-refractivity contribution in [2.24, 2.45) is 0 Å². The average molecular weight is 473 g/mol. The second-order valence-electron chi connectivity index (χ2n) is 6.56. The molecule has 156 valence electrons. The molecule has 2 aromatic heterocycles. The van der Waals surface area contributed by atoms with Gasteiger partial charge in [-0.15, -0.1) is 0 Å². The maximum Gasteiger partial charge on any atom is 0.274 e. The van der Waals surface area contributed by atoms with E-state index >= 15 is 0 Å². The second kappa shape index (κ2) is 8.50. The van der Waals surface area contributed by atoms with Crippen molar-refractivity contribution in [2.45, 2.75) is 6.92 Å². The van der Waals surface area contributed by atoms with E-state index in [0.717, 1.165) is 15.7 Å². The van der Waals surface area contributed by atoms with Gasteiger partial charge in [0.1, 0.15) is 10.6 Å². The fourth-order valence-corrected chi connectivity index (χ4v) is 4.21. The molecular weight excluding hydrogens is 459 g/mol. The van der Waals surface area contributed by atoms with Gasteiger partial charge in [-0.1, -0.05) is 34.5 Å². The Kier molecular flexibility index (Phi) is 5.77. The van der Waals surface area contributed by atoms with Gasteiger partial charge in [-0.2, -0.15) is 0 Å². The van der Waals surface area contributed by atoms with Crippen LogP contribution in [0.2, 0.25) is 10.0 Å². The number of aryl methyl sites for hydroxylation is 1. The topological polar surface area (TPSA) is 92.6 Å². The molecule has 0 unspecified atom stereocenters. The van der Waals surface area contributed by atoms with Crippen LogP contribution in [0.15, 0.2) is 59.4 Å². The Morgan fingerprint density at radius 1 is 0.903 bits per heavy atom. The number of aromatic nitrogens is 2. The van der Waals surface area contributed by atoms with Gasteiger partial charge in [0.2, 0.25) is 0 Å². The van der Waals surface area contributed by atoms with Gasteiger partial charge in [-0.3, -0.25) is 14.4 Å². The second-order valence-corrected chi connectivity index (χ2v) is 8.41. The van der Waals surface area contributed by atoms with E-state index in [2.05, 4.69) is 15.6 Å². The maximum absolute atomic E-state index is 13.1. The van der Waals surface area contributed by atoms with Crippen LogP contribution in [0.1, 0.15) is 25.9 Å². The molecule has 0 aliphatic heterocycles. The number of nitrogens with zero attached hydrogens (tertiary/aromatic N) is 2. The standard InChI is InChI=1S/C21H14Cl2N4O3S/c1-11-10-16(28)27-17(19(29)25-14-6-2-12(22)3-7-14)18(31-21(27)24-11)20(30)26-15-8-4-13(23)5-9-15/h2-10H,1H3,(H,25,29)(H,26,30). The molecule has 2 amide bonds. The number of amides is 2. The third-order valence-electron chi connectivity index (χ3n) is 4.27. The molecule has 2 N–H and O–H groups in total. The molecule has 0 atom stereocenters. The van der Waals surface area contributed by atoms with Crippen LogP contribution in [-0.2, 0) is 0 Å². The van der Waals surface area contributed by atoms with Gasteiger partial charge in [-0.25, -0.2) is 9.38 Å². The van der Waals surface area contributed by atoms with Crippen LogP contribution in [0.25, 0.3) is 4.96 Å². The van der Waals surface area contributed by atoms with Crippen molar-refractivity contribution in [3.8, 4) is 0 Å². The largest absolute Gasteiger partial charge is 0.321 e. The first-order valence-corrected chi connectivity index (χ1v) is 10.6. The molecule has 0 saturated carbocycles. The van der Waals surface area contributed by atoms with Gasteiger partial charge < -0.3 is 10.6 Å². The minimum atomic E-state index is -0.623. The van der Waals surface area contributed by atoms with Gasteiger partial charge in [-0.05, 0) is 55.5 Å². The summed E-state index contributed by atoms with van der Waals surface area (Å²) in [7, 11) is 0. The lowest BCUT2D eigenvalue weighted by Gasteiger charge is -2.08. The summed E-state index contributed by atoms with van der Waals surface area (Å²) in [6.07, 6.45) is 0. The Balaban J connectivity index is 1.78. The number of fused-ring (bicyclic) bond motifs is 1. The number of carbonyl (C=O) groups is 2. The van der Waals surface area contributed by atoms with E-state index in [1.807, 2.05) is 0 Å². The molecule has 7 nitrogen and oxygen atoms in total. The molecule has 4 rings (SSSR count). The Morgan fingerprint density at radius 3 is 1.97 bits per heavy atom. The van der Waals surface area contributed by atoms with Crippen molar-refractivity contribution < 1.29 is 9.59 Å². The number of anilines is 2. The van der Waals surface area contributed by atoms with Crippen molar-refractivity contribution in [3.05, 3.63) is 91.3 Å². The number of halogens is 2. The highest BCUT2D eigenvalue weighted by atomic mass is 35.5. The monoisotopic (exact) mass is 472 g/mol. The molecule has 0 radical (unpaired) electrons. The van der Waals surface area contributed by atoms with Gasteiger partial charge in [0.15, 0.2) is 4.96 Å². The summed E-state index contributed by atoms with van der Waals surface area (Å²) in [5.74, 6) is -1.17. The third kappa shape index (κ3) is 4.46. The number of benzene rings is 2. The number of carbonyl (C=O) groups excluding carboxylic acids is 2. The van der Waals surface area contributed by atoms with Gasteiger partial charge in [0.05, 0.1) is 0 Å². The summed E-state index contributed by atoms with van der Waals surface area (Å²) in [6.45, 7) is 1.67. The SMILES string of the molecule is Cc1cc(=O)n2c(C(=O)Nc3ccc(Cl)cc3)c(C(=O)Nc3ccc(Cl)cc3)sc2n1. The summed E-state index contributed by atoms with van der Waals surface area (Å²) >= 11 is 12.7. The Bertz CT molecular complexity index is 1360. The molecule has 10 heteroatoms. The van der Waals surface area contributed by atoms with Gasteiger partial charge in [0.25, 0.3) is 17.4 Å². The van der Waals surface area contributed by atoms with E-state index < -0.39 is 17.4 Å². The molecule has 0 spiro atoms. The molecule has 0 fully saturated rings. The fraction of sp³-hybridized carbons (Fsp3) is 0.0476. The van der Waals surface area contributed by atoms with Crippen molar-refractivity contribution in [3.63, 3.8) is 0 Å². The van der Waals surface area contributed by atoms with Crippen molar-refractivity contribution >= 4 is 62.7 Å². The summed E-state index contributed by atoms with van der Waals surface area (Å²) in [5, 5.41) is 6.45. The van der Waals surface area contributed by atoms with Crippen LogP contribution < -0.4 is 16.2 Å². The van der Waals surface area contributed by atoms with E-state index in [1.54, 1.807) is 55.5 Å². The van der Waals surface area contributed by atoms with Gasteiger partial charge in [0, 0.05) is 33.2 Å². The fourth-order valence-electron chi connectivity index (χ4n) is 2.89. The Labute approximate surface area is 190 Å². The smallest absolute Gasteiger partial charge is 0.274 e. The molecule has 0 aliphatic rings. The zero-order valence-corrected chi connectivity index (χ0v) is 18.3. The molecule has 2 aromatic carbocycles. The van der Waals surface area contributed by atoms with E-state index in [-0.39, 0.29) is 15.5 Å². The van der Waals surface area contributed by atoms with E-state index in [4.69, 9.17) is 23.2 Å². The van der Waals surface area contributed by atoms with E-state index in [1.165, 1.54) is 6.07 Å². The maximum atomic E-state index is 13.1. The zero-order valence-electron chi connectivity index (χ0n) is 16.0. The summed E-state index contributed by atoms with van der Waals surface area (Å²) < 4.78 is 1.14. The first-order valence-electron chi connectivity index (χ1n) is 8.99. The van der Waals surface area contributed by atoms with Crippen LogP contribution in [0.5, 0.6) is 0 Å². The van der Waals surface area contributed by atoms with E-state index in [0.29, 0.717) is 27.1 Å². The summed E-state index contributed by atoms with van der Waals surface area (Å²) in [5.41, 5.74) is 0.892. The lowest BCUT2D eigenvalue weighted by molar-refractivity contribution is 0.0989. The van der Waals surface area contributed by atoms with Crippen molar-refractivity contribution in [1.29, 1.82) is 0 Å². The summed E-state index contributed by atoms with van der Waals surface area (Å²) in [4.78, 5) is 43.4. The first kappa shape index (κ1) is 21.0. The highest BCUT2D eigenvalue weighted by Crippen LogP contribution is 2.24. The quantitative estimate of drug-likeness (QED) is 0.442. The number of hydrogen-bond donors (Lipinski definition) is 2. The molecule has 31 heavy (non-hydrogen) atoms. The molecule has 4 aromatic rings. The Hall–Kier alpha value is -3.20. The van der Waals surface area contributed by atoms with E-state index in [9.17, 15) is 14.4 Å². The predicted octanol–water partition coefficient (Wildman–Crippen LogP) is 4.88. The third-order valence-corrected chi connectivity index (χ3v) is 5.82. The van der Waals surface area contributed by atoms with Crippen LogP contribution in [0.4, 0.5) is 11.4 Å². The van der Waals surface area contributed by atoms with Crippen LogP contribution >= 0.6 is 34.5 Å². The van der Waals surface area contributed by atoms with Crippen LogP contribution in [0.3, 0.4) is 0 Å². The van der Waals surface area contributed by atoms with Crippen LogP contribution in [0, 0.1) is 6.92 Å². The molecular formula is C21H14Cl2N4O3S. The molecule has 0 bridgehead atoms. The number of nitrogens with one attached hydrogen (secondary N) is 2. The highest BCUT2D eigenvalue weighted by Gasteiger charge is 2.26. The minimum absolute atomic E-state index is 0.0524. The predicted molar refractivity (Wildman–Crippen MR) is 123 cm³/mol.